The maximum atomic E-state index is 5.60. The van der Waals surface area contributed by atoms with E-state index >= 15 is 0 Å². The molecule has 0 fully saturated rings. The van der Waals surface area contributed by atoms with Gasteiger partial charge in [0, 0.05) is 49.3 Å². The Kier molecular flexibility index (Phi) is 5.74. The number of methoxy groups -OCH3 is 2. The van der Waals surface area contributed by atoms with Crippen molar-refractivity contribution < 1.29 is 9.47 Å². The number of fused-ring (bicyclic) bond motifs is 3. The standard InChI is InChI=1S/C25H30N2O2/c1-5-27-24-11-9-18(13-22(24)23-15-21(29-4)10-12-25(23)27)16-26-17(2)19-7-6-8-20(14-19)28-3/h6-14,17,21,26H,5,15-16H2,1-4H3/t17-,21?/m1/s1. The normalized spacial score (nSPS) is 16.8. The molecule has 1 heterocycles. The fourth-order valence-corrected chi connectivity index (χ4v) is 4.28. The number of rotatable bonds is 7. The van der Waals surface area contributed by atoms with Gasteiger partial charge in [0.15, 0.2) is 0 Å². The average molecular weight is 391 g/mol. The Hall–Kier alpha value is -2.56. The number of ether oxygens (including phenoxy) is 2. The largest absolute Gasteiger partial charge is 0.497 e. The number of aryl methyl sites for hydroxylation is 1. The summed E-state index contributed by atoms with van der Waals surface area (Å²) < 4.78 is 13.4. The third-order valence-corrected chi connectivity index (χ3v) is 5.98. The first-order valence-corrected chi connectivity index (χ1v) is 10.4. The van der Waals surface area contributed by atoms with Crippen LogP contribution in [-0.2, 0) is 24.2 Å². The summed E-state index contributed by atoms with van der Waals surface area (Å²) in [5.74, 6) is 0.894. The minimum absolute atomic E-state index is 0.160. The van der Waals surface area contributed by atoms with E-state index in [1.807, 2.05) is 12.1 Å². The zero-order valence-corrected chi connectivity index (χ0v) is 17.7. The number of aromatic nitrogens is 1. The molecule has 4 nitrogen and oxygen atoms in total. The zero-order chi connectivity index (χ0) is 20.4. The summed E-state index contributed by atoms with van der Waals surface area (Å²) in [7, 11) is 3.49. The fourth-order valence-electron chi connectivity index (χ4n) is 4.28. The lowest BCUT2D eigenvalue weighted by Crippen LogP contribution is -2.18. The van der Waals surface area contributed by atoms with E-state index in [4.69, 9.17) is 9.47 Å². The topological polar surface area (TPSA) is 35.4 Å². The molecular formula is C25H30N2O2. The summed E-state index contributed by atoms with van der Waals surface area (Å²) in [6.45, 7) is 6.19. The Morgan fingerprint density at radius 3 is 2.79 bits per heavy atom. The van der Waals surface area contributed by atoms with E-state index in [-0.39, 0.29) is 12.1 Å². The van der Waals surface area contributed by atoms with Crippen LogP contribution < -0.4 is 10.1 Å². The molecule has 0 radical (unpaired) electrons. The van der Waals surface area contributed by atoms with Crippen LogP contribution in [0.25, 0.3) is 17.0 Å². The first kappa shape index (κ1) is 19.7. The van der Waals surface area contributed by atoms with Crippen LogP contribution >= 0.6 is 0 Å². The minimum atomic E-state index is 0.160. The Morgan fingerprint density at radius 2 is 2.03 bits per heavy atom. The van der Waals surface area contributed by atoms with Gasteiger partial charge in [0.2, 0.25) is 0 Å². The van der Waals surface area contributed by atoms with E-state index in [0.717, 1.165) is 25.3 Å². The summed E-state index contributed by atoms with van der Waals surface area (Å²) in [4.78, 5) is 0. The summed E-state index contributed by atoms with van der Waals surface area (Å²) in [5.41, 5.74) is 6.56. The predicted octanol–water partition coefficient (Wildman–Crippen LogP) is 5.10. The summed E-state index contributed by atoms with van der Waals surface area (Å²) in [6.07, 6.45) is 5.49. The second kappa shape index (κ2) is 8.44. The van der Waals surface area contributed by atoms with Crippen molar-refractivity contribution in [2.75, 3.05) is 14.2 Å². The molecule has 2 aromatic carbocycles. The molecular weight excluding hydrogens is 360 g/mol. The number of benzene rings is 2. The van der Waals surface area contributed by atoms with Crippen molar-refractivity contribution in [3.63, 3.8) is 0 Å². The molecule has 4 rings (SSSR count). The van der Waals surface area contributed by atoms with Gasteiger partial charge in [-0.2, -0.15) is 0 Å². The van der Waals surface area contributed by atoms with Crippen molar-refractivity contribution in [1.29, 1.82) is 0 Å². The van der Waals surface area contributed by atoms with Crippen LogP contribution in [0.5, 0.6) is 5.75 Å². The van der Waals surface area contributed by atoms with Gasteiger partial charge < -0.3 is 19.4 Å². The molecule has 0 spiro atoms. The van der Waals surface area contributed by atoms with Crippen LogP contribution in [-0.4, -0.2) is 24.9 Å². The van der Waals surface area contributed by atoms with Gasteiger partial charge in [-0.05, 0) is 60.9 Å². The van der Waals surface area contributed by atoms with E-state index < -0.39 is 0 Å². The van der Waals surface area contributed by atoms with Gasteiger partial charge in [0.05, 0.1) is 13.2 Å². The molecule has 0 bridgehead atoms. The maximum absolute atomic E-state index is 5.60. The fraction of sp³-hybridized carbons (Fsp3) is 0.360. The van der Waals surface area contributed by atoms with Gasteiger partial charge in [0.1, 0.15) is 5.75 Å². The number of hydrogen-bond donors (Lipinski definition) is 1. The van der Waals surface area contributed by atoms with Gasteiger partial charge in [-0.15, -0.1) is 0 Å². The number of hydrogen-bond acceptors (Lipinski definition) is 3. The van der Waals surface area contributed by atoms with E-state index in [1.54, 1.807) is 14.2 Å². The van der Waals surface area contributed by atoms with Crippen molar-refractivity contribution in [2.45, 2.75) is 45.5 Å². The van der Waals surface area contributed by atoms with E-state index in [2.05, 4.69) is 66.2 Å². The van der Waals surface area contributed by atoms with Gasteiger partial charge in [0.25, 0.3) is 0 Å². The highest BCUT2D eigenvalue weighted by molar-refractivity contribution is 5.89. The highest BCUT2D eigenvalue weighted by Crippen LogP contribution is 2.33. The second-order valence-corrected chi connectivity index (χ2v) is 7.68. The van der Waals surface area contributed by atoms with Crippen molar-refractivity contribution in [1.82, 2.24) is 9.88 Å². The summed E-state index contributed by atoms with van der Waals surface area (Å²) in [6, 6.07) is 15.3. The first-order valence-electron chi connectivity index (χ1n) is 10.4. The summed E-state index contributed by atoms with van der Waals surface area (Å²) in [5, 5.41) is 5.00. The smallest absolute Gasteiger partial charge is 0.119 e. The Balaban J connectivity index is 1.58. The lowest BCUT2D eigenvalue weighted by atomic mass is 9.98. The highest BCUT2D eigenvalue weighted by atomic mass is 16.5. The van der Waals surface area contributed by atoms with E-state index in [0.29, 0.717) is 0 Å². The SMILES string of the molecule is CCn1c2c(c3cc(CN[C@H](C)c4cccc(OC)c4)ccc31)CC(OC)C=C2. The Labute approximate surface area is 173 Å². The van der Waals surface area contributed by atoms with Crippen LogP contribution in [0.15, 0.2) is 48.5 Å². The monoisotopic (exact) mass is 390 g/mol. The minimum Gasteiger partial charge on any atom is -0.497 e. The lowest BCUT2D eigenvalue weighted by molar-refractivity contribution is 0.141. The molecule has 1 aliphatic rings. The van der Waals surface area contributed by atoms with E-state index in [9.17, 15) is 0 Å². The Morgan fingerprint density at radius 1 is 1.17 bits per heavy atom. The van der Waals surface area contributed by atoms with Gasteiger partial charge in [-0.25, -0.2) is 0 Å². The average Bonchev–Trinajstić information content (AvgIpc) is 3.09. The van der Waals surface area contributed by atoms with Gasteiger partial charge >= 0.3 is 0 Å². The molecule has 4 heteroatoms. The van der Waals surface area contributed by atoms with Crippen LogP contribution in [0.3, 0.4) is 0 Å². The molecule has 1 aliphatic carbocycles. The van der Waals surface area contributed by atoms with Gasteiger partial charge in [-0.1, -0.05) is 24.3 Å². The molecule has 1 aromatic heterocycles. The van der Waals surface area contributed by atoms with Crippen molar-refractivity contribution in [3.8, 4) is 5.75 Å². The summed E-state index contributed by atoms with van der Waals surface area (Å²) >= 11 is 0. The third kappa shape index (κ3) is 3.83. The maximum Gasteiger partial charge on any atom is 0.119 e. The molecule has 0 saturated carbocycles. The van der Waals surface area contributed by atoms with Crippen molar-refractivity contribution in [3.05, 3.63) is 70.9 Å². The molecule has 0 amide bonds. The first-order chi connectivity index (χ1) is 14.1. The van der Waals surface area contributed by atoms with Crippen LogP contribution in [0.4, 0.5) is 0 Å². The van der Waals surface area contributed by atoms with Crippen molar-refractivity contribution >= 4 is 17.0 Å². The second-order valence-electron chi connectivity index (χ2n) is 7.68. The van der Waals surface area contributed by atoms with Gasteiger partial charge in [-0.3, -0.25) is 0 Å². The molecule has 3 aromatic rings. The van der Waals surface area contributed by atoms with Crippen LogP contribution in [0.2, 0.25) is 0 Å². The third-order valence-electron chi connectivity index (χ3n) is 5.98. The zero-order valence-electron chi connectivity index (χ0n) is 17.7. The molecule has 0 saturated heterocycles. The number of nitrogens with one attached hydrogen (secondary N) is 1. The molecule has 1 unspecified atom stereocenters. The number of nitrogens with zero attached hydrogens (tertiary/aromatic N) is 1. The molecule has 1 N–H and O–H groups in total. The molecule has 29 heavy (non-hydrogen) atoms. The predicted molar refractivity (Wildman–Crippen MR) is 119 cm³/mol. The molecule has 152 valence electrons. The Bertz CT molecular complexity index is 1030. The van der Waals surface area contributed by atoms with Crippen LogP contribution in [0, 0.1) is 0 Å². The highest BCUT2D eigenvalue weighted by Gasteiger charge is 2.21. The molecule has 2 atom stereocenters. The van der Waals surface area contributed by atoms with Crippen molar-refractivity contribution in [2.24, 2.45) is 0 Å². The van der Waals surface area contributed by atoms with E-state index in [1.165, 1.54) is 33.3 Å². The lowest BCUT2D eigenvalue weighted by Gasteiger charge is -2.17. The molecule has 0 aliphatic heterocycles. The quantitative estimate of drug-likeness (QED) is 0.609. The van der Waals surface area contributed by atoms with Crippen LogP contribution in [0.1, 0.15) is 42.3 Å².